The van der Waals surface area contributed by atoms with Gasteiger partial charge in [-0.15, -0.1) is 12.4 Å². The van der Waals surface area contributed by atoms with Gasteiger partial charge in [0.25, 0.3) is 0 Å². The molecule has 4 nitrogen and oxygen atoms in total. The van der Waals surface area contributed by atoms with Gasteiger partial charge >= 0.3 is 5.97 Å². The van der Waals surface area contributed by atoms with Crippen LogP contribution in [-0.2, 0) is 6.42 Å². The highest BCUT2D eigenvalue weighted by Gasteiger charge is 2.25. The number of carbonyl (C=O) groups excluding carboxylic acids is 1. The third kappa shape index (κ3) is 2.07. The first-order chi connectivity index (χ1) is 7.09. The number of nitrogens with zero attached hydrogens (tertiary/aromatic N) is 1. The van der Waals surface area contributed by atoms with E-state index < -0.39 is 5.97 Å². The van der Waals surface area contributed by atoms with Crippen molar-refractivity contribution < 1.29 is 14.7 Å². The van der Waals surface area contributed by atoms with E-state index in [0.29, 0.717) is 29.8 Å². The Hall–Kier alpha value is -1.42. The molecule has 1 aliphatic rings. The van der Waals surface area contributed by atoms with E-state index in [1.165, 1.54) is 6.07 Å². The van der Waals surface area contributed by atoms with Gasteiger partial charge in [-0.05, 0) is 25.8 Å². The topological polar surface area (TPSA) is 67.3 Å². The zero-order valence-electron chi connectivity index (χ0n) is 8.82. The average Bonchev–Trinajstić information content (AvgIpc) is 2.16. The van der Waals surface area contributed by atoms with Gasteiger partial charge in [0.1, 0.15) is 0 Å². The fourth-order valence-electron chi connectivity index (χ4n) is 1.94. The van der Waals surface area contributed by atoms with Gasteiger partial charge in [-0.2, -0.15) is 0 Å². The lowest BCUT2D eigenvalue weighted by Gasteiger charge is -2.16. The van der Waals surface area contributed by atoms with Crippen molar-refractivity contribution in [1.29, 1.82) is 0 Å². The zero-order valence-corrected chi connectivity index (χ0v) is 9.63. The maximum atomic E-state index is 11.6. The average molecular weight is 242 g/mol. The summed E-state index contributed by atoms with van der Waals surface area (Å²) in [6.45, 7) is 1.74. The number of halogens is 1. The van der Waals surface area contributed by atoms with Crippen LogP contribution < -0.4 is 0 Å². The lowest BCUT2D eigenvalue weighted by Crippen LogP contribution is -2.18. The Morgan fingerprint density at radius 3 is 2.75 bits per heavy atom. The van der Waals surface area contributed by atoms with Gasteiger partial charge < -0.3 is 5.11 Å². The van der Waals surface area contributed by atoms with E-state index in [1.54, 1.807) is 6.92 Å². The molecule has 0 amide bonds. The van der Waals surface area contributed by atoms with Crippen LogP contribution in [0.1, 0.15) is 44.9 Å². The van der Waals surface area contributed by atoms with Crippen molar-refractivity contribution in [2.45, 2.75) is 26.2 Å². The molecule has 5 heteroatoms. The highest BCUT2D eigenvalue weighted by Crippen LogP contribution is 2.23. The standard InChI is InChI=1S/C11H11NO3.ClH/c1-6-5-7(11(14)15)10-8(12-6)3-2-4-9(10)13;/h5H,2-4H2,1H3,(H,14,15);1H. The second-order valence-corrected chi connectivity index (χ2v) is 3.71. The third-order valence-corrected chi connectivity index (χ3v) is 2.55. The van der Waals surface area contributed by atoms with Gasteiger partial charge in [0, 0.05) is 12.1 Å². The molecule has 0 aromatic carbocycles. The smallest absolute Gasteiger partial charge is 0.336 e. The minimum absolute atomic E-state index is 0. The van der Waals surface area contributed by atoms with Crippen LogP contribution in [-0.4, -0.2) is 21.8 Å². The van der Waals surface area contributed by atoms with Crippen molar-refractivity contribution in [2.75, 3.05) is 0 Å². The van der Waals surface area contributed by atoms with Gasteiger partial charge in [0.15, 0.2) is 5.78 Å². The Kier molecular flexibility index (Phi) is 3.65. The summed E-state index contributed by atoms with van der Waals surface area (Å²) in [5.41, 5.74) is 1.71. The molecule has 1 aliphatic carbocycles. The summed E-state index contributed by atoms with van der Waals surface area (Å²) in [6, 6.07) is 1.46. The van der Waals surface area contributed by atoms with Crippen molar-refractivity contribution in [3.63, 3.8) is 0 Å². The summed E-state index contributed by atoms with van der Waals surface area (Å²) >= 11 is 0. The van der Waals surface area contributed by atoms with Crippen molar-refractivity contribution >= 4 is 24.2 Å². The summed E-state index contributed by atoms with van der Waals surface area (Å²) < 4.78 is 0. The SMILES string of the molecule is Cc1cc(C(=O)O)c2c(n1)CCCC2=O.Cl. The maximum Gasteiger partial charge on any atom is 0.336 e. The number of pyridine rings is 1. The van der Waals surface area contributed by atoms with Crippen LogP contribution in [0.5, 0.6) is 0 Å². The zero-order chi connectivity index (χ0) is 11.0. The fourth-order valence-corrected chi connectivity index (χ4v) is 1.94. The lowest BCUT2D eigenvalue weighted by molar-refractivity contribution is 0.0690. The van der Waals surface area contributed by atoms with Gasteiger partial charge in [-0.3, -0.25) is 9.78 Å². The molecule has 0 atom stereocenters. The number of hydrogen-bond donors (Lipinski definition) is 1. The van der Waals surface area contributed by atoms with E-state index in [-0.39, 0.29) is 23.8 Å². The van der Waals surface area contributed by atoms with Crippen LogP contribution in [0.3, 0.4) is 0 Å². The van der Waals surface area contributed by atoms with Gasteiger partial charge in [-0.25, -0.2) is 4.79 Å². The van der Waals surface area contributed by atoms with Crippen molar-refractivity contribution in [3.8, 4) is 0 Å². The molecular weight excluding hydrogens is 230 g/mol. The quantitative estimate of drug-likeness (QED) is 0.817. The number of aryl methyl sites for hydroxylation is 2. The summed E-state index contributed by atoms with van der Waals surface area (Å²) in [6.07, 6.45) is 1.89. The molecule has 0 saturated heterocycles. The van der Waals surface area contributed by atoms with Crippen molar-refractivity contribution in [1.82, 2.24) is 4.98 Å². The largest absolute Gasteiger partial charge is 0.478 e. The van der Waals surface area contributed by atoms with E-state index >= 15 is 0 Å². The monoisotopic (exact) mass is 241 g/mol. The summed E-state index contributed by atoms with van der Waals surface area (Å²) in [5.74, 6) is -1.15. The Morgan fingerprint density at radius 1 is 1.44 bits per heavy atom. The Balaban J connectivity index is 0.00000128. The molecule has 86 valence electrons. The lowest BCUT2D eigenvalue weighted by atomic mass is 9.90. The maximum absolute atomic E-state index is 11.6. The first-order valence-electron chi connectivity index (χ1n) is 4.86. The van der Waals surface area contributed by atoms with E-state index in [9.17, 15) is 9.59 Å². The Morgan fingerprint density at radius 2 is 2.12 bits per heavy atom. The van der Waals surface area contributed by atoms with Crippen LogP contribution in [0.2, 0.25) is 0 Å². The molecule has 1 aromatic heterocycles. The number of carbonyl (C=O) groups is 2. The van der Waals surface area contributed by atoms with Crippen LogP contribution in [0.25, 0.3) is 0 Å². The molecule has 0 aliphatic heterocycles. The minimum atomic E-state index is -1.05. The van der Waals surface area contributed by atoms with Crippen molar-refractivity contribution in [2.24, 2.45) is 0 Å². The van der Waals surface area contributed by atoms with Crippen LogP contribution >= 0.6 is 12.4 Å². The molecule has 1 N–H and O–H groups in total. The van der Waals surface area contributed by atoms with E-state index in [2.05, 4.69) is 4.98 Å². The van der Waals surface area contributed by atoms with Crippen LogP contribution in [0, 0.1) is 6.92 Å². The predicted octanol–water partition coefficient (Wildman–Crippen LogP) is 2.03. The number of carboxylic acid groups (broad SMARTS) is 1. The predicted molar refractivity (Wildman–Crippen MR) is 60.4 cm³/mol. The molecule has 0 radical (unpaired) electrons. The number of rotatable bonds is 1. The molecule has 0 bridgehead atoms. The molecule has 16 heavy (non-hydrogen) atoms. The second-order valence-electron chi connectivity index (χ2n) is 3.71. The highest BCUT2D eigenvalue weighted by atomic mass is 35.5. The number of ketones is 1. The molecule has 1 aromatic rings. The molecular formula is C11H12ClNO3. The Labute approximate surface area is 99.1 Å². The molecule has 0 fully saturated rings. The normalized spacial score (nSPS) is 13.9. The number of fused-ring (bicyclic) bond motifs is 1. The molecule has 0 spiro atoms. The fraction of sp³-hybridized carbons (Fsp3) is 0.364. The number of aromatic nitrogens is 1. The molecule has 0 unspecified atom stereocenters. The molecule has 2 rings (SSSR count). The van der Waals surface area contributed by atoms with Crippen LogP contribution in [0.15, 0.2) is 6.07 Å². The van der Waals surface area contributed by atoms with Crippen molar-refractivity contribution in [3.05, 3.63) is 28.6 Å². The van der Waals surface area contributed by atoms with E-state index in [1.807, 2.05) is 0 Å². The number of Topliss-reactive ketones (excluding diaryl/α,β-unsaturated/α-hetero) is 1. The third-order valence-electron chi connectivity index (χ3n) is 2.55. The minimum Gasteiger partial charge on any atom is -0.478 e. The number of hydrogen-bond acceptors (Lipinski definition) is 3. The van der Waals surface area contributed by atoms with Gasteiger partial charge in [-0.1, -0.05) is 0 Å². The van der Waals surface area contributed by atoms with E-state index in [0.717, 1.165) is 6.42 Å². The highest BCUT2D eigenvalue weighted by molar-refractivity contribution is 6.07. The number of carboxylic acids is 1. The van der Waals surface area contributed by atoms with Gasteiger partial charge in [0.2, 0.25) is 0 Å². The summed E-state index contributed by atoms with van der Waals surface area (Å²) in [4.78, 5) is 26.8. The van der Waals surface area contributed by atoms with Gasteiger partial charge in [0.05, 0.1) is 16.8 Å². The number of aromatic carboxylic acids is 1. The first kappa shape index (κ1) is 12.6. The molecule has 1 heterocycles. The van der Waals surface area contributed by atoms with E-state index in [4.69, 9.17) is 5.11 Å². The second kappa shape index (κ2) is 4.61. The summed E-state index contributed by atoms with van der Waals surface area (Å²) in [7, 11) is 0. The Bertz CT molecular complexity index is 457. The summed E-state index contributed by atoms with van der Waals surface area (Å²) in [5, 5.41) is 9.00. The first-order valence-corrected chi connectivity index (χ1v) is 4.86. The van der Waals surface area contributed by atoms with Crippen LogP contribution in [0.4, 0.5) is 0 Å². The molecule has 0 saturated carbocycles.